The largest absolute Gasteiger partial charge is 0.206 e. The van der Waals surface area contributed by atoms with Crippen LogP contribution in [0, 0.1) is 17.1 Å². The van der Waals surface area contributed by atoms with E-state index in [0.29, 0.717) is 12.0 Å². The van der Waals surface area contributed by atoms with Gasteiger partial charge in [0.1, 0.15) is 5.82 Å². The van der Waals surface area contributed by atoms with E-state index in [-0.39, 0.29) is 5.82 Å². The van der Waals surface area contributed by atoms with Gasteiger partial charge in [0, 0.05) is 5.56 Å². The van der Waals surface area contributed by atoms with Gasteiger partial charge in [0.25, 0.3) is 0 Å². The van der Waals surface area contributed by atoms with Crippen molar-refractivity contribution in [3.05, 3.63) is 41.7 Å². The molecule has 0 atom stereocenters. The molecule has 0 fully saturated rings. The average molecular weight is 161 g/mol. The molecule has 1 aromatic rings. The van der Waals surface area contributed by atoms with Crippen LogP contribution in [0.3, 0.4) is 0 Å². The van der Waals surface area contributed by atoms with E-state index in [1.807, 2.05) is 6.07 Å². The lowest BCUT2D eigenvalue weighted by Crippen LogP contribution is -1.78. The molecule has 2 heteroatoms. The molecule has 0 unspecified atom stereocenters. The topological polar surface area (TPSA) is 23.8 Å². The lowest BCUT2D eigenvalue weighted by atomic mass is 10.2. The Kier molecular flexibility index (Phi) is 3.04. The highest BCUT2D eigenvalue weighted by Crippen LogP contribution is 2.08. The fraction of sp³-hybridized carbons (Fsp3) is 0.100. The summed E-state index contributed by atoms with van der Waals surface area (Å²) >= 11 is 0. The van der Waals surface area contributed by atoms with Crippen LogP contribution in [0.25, 0.3) is 6.08 Å². The first-order valence-electron chi connectivity index (χ1n) is 3.62. The Labute approximate surface area is 70.8 Å². The number of rotatable bonds is 2. The van der Waals surface area contributed by atoms with E-state index >= 15 is 0 Å². The molecule has 0 heterocycles. The number of nitriles is 1. The highest BCUT2D eigenvalue weighted by atomic mass is 19.1. The molecule has 0 aromatic heterocycles. The Morgan fingerprint density at radius 1 is 1.42 bits per heavy atom. The summed E-state index contributed by atoms with van der Waals surface area (Å²) in [5.74, 6) is -0.258. The molecule has 0 saturated carbocycles. The second-order valence-corrected chi connectivity index (χ2v) is 2.29. The molecule has 0 spiro atoms. The monoisotopic (exact) mass is 161 g/mol. The van der Waals surface area contributed by atoms with Crippen molar-refractivity contribution < 1.29 is 4.39 Å². The van der Waals surface area contributed by atoms with Crippen LogP contribution in [0.2, 0.25) is 0 Å². The van der Waals surface area contributed by atoms with Crippen LogP contribution in [-0.2, 0) is 0 Å². The van der Waals surface area contributed by atoms with Crippen LogP contribution in [0.1, 0.15) is 12.0 Å². The van der Waals surface area contributed by atoms with Gasteiger partial charge in [-0.25, -0.2) is 4.39 Å². The predicted octanol–water partition coefficient (Wildman–Crippen LogP) is 2.75. The highest BCUT2D eigenvalue weighted by molar-refractivity contribution is 5.49. The molecule has 0 bridgehead atoms. The van der Waals surface area contributed by atoms with E-state index in [9.17, 15) is 4.39 Å². The van der Waals surface area contributed by atoms with E-state index in [2.05, 4.69) is 0 Å². The maximum atomic E-state index is 12.9. The number of hydrogen-bond donors (Lipinski definition) is 0. The maximum absolute atomic E-state index is 12.9. The second-order valence-electron chi connectivity index (χ2n) is 2.29. The Morgan fingerprint density at radius 2 is 2.17 bits per heavy atom. The van der Waals surface area contributed by atoms with Gasteiger partial charge >= 0.3 is 0 Å². The van der Waals surface area contributed by atoms with Gasteiger partial charge in [-0.2, -0.15) is 5.26 Å². The molecular weight excluding hydrogens is 153 g/mol. The molecule has 1 aromatic carbocycles. The van der Waals surface area contributed by atoms with Gasteiger partial charge in [-0.05, 0) is 6.07 Å². The number of nitrogens with zero attached hydrogens (tertiary/aromatic N) is 1. The van der Waals surface area contributed by atoms with E-state index in [1.165, 1.54) is 6.07 Å². The predicted molar refractivity (Wildman–Crippen MR) is 45.7 cm³/mol. The van der Waals surface area contributed by atoms with Gasteiger partial charge < -0.3 is 0 Å². The van der Waals surface area contributed by atoms with Gasteiger partial charge in [0.2, 0.25) is 0 Å². The second kappa shape index (κ2) is 4.30. The minimum atomic E-state index is -0.258. The van der Waals surface area contributed by atoms with Crippen LogP contribution in [0.15, 0.2) is 30.3 Å². The molecule has 1 nitrogen and oxygen atoms in total. The minimum Gasteiger partial charge on any atom is -0.206 e. The Morgan fingerprint density at radius 3 is 2.83 bits per heavy atom. The third-order valence-electron chi connectivity index (χ3n) is 1.41. The summed E-state index contributed by atoms with van der Waals surface area (Å²) in [4.78, 5) is 0. The van der Waals surface area contributed by atoms with Gasteiger partial charge in [-0.15, -0.1) is 0 Å². The first kappa shape index (κ1) is 8.48. The molecule has 0 N–H and O–H groups in total. The third-order valence-corrected chi connectivity index (χ3v) is 1.41. The number of allylic oxidation sites excluding steroid dienone is 1. The summed E-state index contributed by atoms with van der Waals surface area (Å²) in [5.41, 5.74) is 0.521. The van der Waals surface area contributed by atoms with Crippen molar-refractivity contribution in [3.8, 4) is 6.07 Å². The zero-order valence-electron chi connectivity index (χ0n) is 6.50. The first-order chi connectivity index (χ1) is 5.84. The quantitative estimate of drug-likeness (QED) is 0.654. The summed E-state index contributed by atoms with van der Waals surface area (Å²) in [7, 11) is 0. The molecule has 60 valence electrons. The Bertz CT molecular complexity index is 323. The van der Waals surface area contributed by atoms with Crippen molar-refractivity contribution in [1.82, 2.24) is 0 Å². The van der Waals surface area contributed by atoms with Crippen molar-refractivity contribution in [1.29, 1.82) is 5.26 Å². The fourth-order valence-corrected chi connectivity index (χ4v) is 0.849. The number of hydrogen-bond acceptors (Lipinski definition) is 1. The molecule has 0 aliphatic heterocycles. The van der Waals surface area contributed by atoms with Crippen LogP contribution >= 0.6 is 0 Å². The van der Waals surface area contributed by atoms with Crippen molar-refractivity contribution in [2.24, 2.45) is 0 Å². The molecular formula is C10H8FN. The van der Waals surface area contributed by atoms with Crippen LogP contribution < -0.4 is 0 Å². The van der Waals surface area contributed by atoms with Gasteiger partial charge in [-0.1, -0.05) is 30.4 Å². The molecule has 1 rings (SSSR count). The van der Waals surface area contributed by atoms with E-state index in [1.54, 1.807) is 30.4 Å². The molecule has 0 radical (unpaired) electrons. The standard InChI is InChI=1S/C10H8FN/c11-10-7-2-1-5-9(10)6-3-4-8-12/h1-3,5-7H,4H2. The Balaban J connectivity index is 2.77. The van der Waals surface area contributed by atoms with Crippen LogP contribution in [0.5, 0.6) is 0 Å². The molecule has 0 aliphatic carbocycles. The Hall–Kier alpha value is -1.62. The van der Waals surface area contributed by atoms with Gasteiger partial charge in [-0.3, -0.25) is 0 Å². The third kappa shape index (κ3) is 2.21. The minimum absolute atomic E-state index is 0.258. The maximum Gasteiger partial charge on any atom is 0.130 e. The molecule has 0 saturated heterocycles. The van der Waals surface area contributed by atoms with Gasteiger partial charge in [0.15, 0.2) is 0 Å². The summed E-state index contributed by atoms with van der Waals surface area (Å²) < 4.78 is 12.9. The summed E-state index contributed by atoms with van der Waals surface area (Å²) in [6.45, 7) is 0. The van der Waals surface area contributed by atoms with Crippen molar-refractivity contribution >= 4 is 6.08 Å². The van der Waals surface area contributed by atoms with Crippen molar-refractivity contribution in [3.63, 3.8) is 0 Å². The lowest BCUT2D eigenvalue weighted by molar-refractivity contribution is 0.625. The van der Waals surface area contributed by atoms with E-state index in [4.69, 9.17) is 5.26 Å². The SMILES string of the molecule is N#CCC=Cc1ccccc1F. The molecule has 0 amide bonds. The summed E-state index contributed by atoms with van der Waals surface area (Å²) in [6, 6.07) is 8.41. The van der Waals surface area contributed by atoms with Crippen molar-refractivity contribution in [2.45, 2.75) is 6.42 Å². The average Bonchev–Trinajstić information content (AvgIpc) is 2.09. The highest BCUT2D eigenvalue weighted by Gasteiger charge is 1.93. The smallest absolute Gasteiger partial charge is 0.130 e. The van der Waals surface area contributed by atoms with Crippen LogP contribution in [-0.4, -0.2) is 0 Å². The lowest BCUT2D eigenvalue weighted by Gasteiger charge is -1.92. The van der Waals surface area contributed by atoms with E-state index in [0.717, 1.165) is 0 Å². The fourth-order valence-electron chi connectivity index (χ4n) is 0.849. The van der Waals surface area contributed by atoms with Gasteiger partial charge in [0.05, 0.1) is 12.5 Å². The summed E-state index contributed by atoms with van der Waals surface area (Å²) in [5, 5.41) is 8.22. The van der Waals surface area contributed by atoms with E-state index < -0.39 is 0 Å². The zero-order chi connectivity index (χ0) is 8.81. The first-order valence-corrected chi connectivity index (χ1v) is 3.62. The normalized spacial score (nSPS) is 10.0. The molecule has 12 heavy (non-hydrogen) atoms. The zero-order valence-corrected chi connectivity index (χ0v) is 6.50. The summed E-state index contributed by atoms with van der Waals surface area (Å²) in [6.07, 6.45) is 3.56. The molecule has 0 aliphatic rings. The van der Waals surface area contributed by atoms with Crippen LogP contribution in [0.4, 0.5) is 4.39 Å². The number of benzene rings is 1. The number of halogens is 1. The van der Waals surface area contributed by atoms with Crippen molar-refractivity contribution in [2.75, 3.05) is 0 Å².